The predicted molar refractivity (Wildman–Crippen MR) is 45.8 cm³/mol. The van der Waals surface area contributed by atoms with Gasteiger partial charge in [0.1, 0.15) is 0 Å². The number of carboxylic acids is 1. The van der Waals surface area contributed by atoms with E-state index in [1.807, 2.05) is 0 Å². The lowest BCUT2D eigenvalue weighted by molar-refractivity contribution is 0.0170. The van der Waals surface area contributed by atoms with Gasteiger partial charge >= 0.3 is 5.97 Å². The van der Waals surface area contributed by atoms with E-state index in [0.717, 1.165) is 12.3 Å². The zero-order valence-corrected chi connectivity index (χ0v) is 7.85. The van der Waals surface area contributed by atoms with Gasteiger partial charge in [-0.15, -0.1) is 0 Å². The number of hydrogen-bond donors (Lipinski definition) is 1. The summed E-state index contributed by atoms with van der Waals surface area (Å²) in [5, 5.41) is 8.23. The Kier molecular flexibility index (Phi) is 2.71. The summed E-state index contributed by atoms with van der Waals surface area (Å²) < 4.78 is 25.4. The zero-order chi connectivity index (χ0) is 10.9. The average Bonchev–Trinajstić information content (AvgIpc) is 2.01. The van der Waals surface area contributed by atoms with Crippen molar-refractivity contribution in [2.45, 2.75) is 12.8 Å². The Morgan fingerprint density at radius 2 is 2.21 bits per heavy atom. The first-order valence-corrected chi connectivity index (χ1v) is 3.97. The lowest BCUT2D eigenvalue weighted by atomic mass is 10.1. The minimum absolute atomic E-state index is 0.295. The molecule has 0 saturated carbocycles. The standard InChI is InChI=1S/C8H6ClF2NO2/c1-8(10,11)4-2-5(9)6(7(13)14)12-3-4/h2-3H,1H3,(H,13,14). The van der Waals surface area contributed by atoms with Gasteiger partial charge in [-0.1, -0.05) is 11.6 Å². The van der Waals surface area contributed by atoms with Crippen molar-refractivity contribution >= 4 is 17.6 Å². The minimum Gasteiger partial charge on any atom is -0.476 e. The molecule has 0 spiro atoms. The van der Waals surface area contributed by atoms with Crippen molar-refractivity contribution in [2.75, 3.05) is 0 Å². The molecule has 1 heterocycles. The molecule has 0 bridgehead atoms. The molecule has 0 aliphatic heterocycles. The first-order chi connectivity index (χ1) is 6.32. The predicted octanol–water partition coefficient (Wildman–Crippen LogP) is 2.54. The molecule has 1 N–H and O–H groups in total. The summed E-state index contributed by atoms with van der Waals surface area (Å²) >= 11 is 5.45. The van der Waals surface area contributed by atoms with E-state index >= 15 is 0 Å². The monoisotopic (exact) mass is 221 g/mol. The van der Waals surface area contributed by atoms with Crippen LogP contribution in [-0.2, 0) is 5.92 Å². The van der Waals surface area contributed by atoms with Crippen molar-refractivity contribution in [1.29, 1.82) is 0 Å². The lowest BCUT2D eigenvalue weighted by Gasteiger charge is -2.10. The van der Waals surface area contributed by atoms with Crippen LogP contribution in [0.4, 0.5) is 8.78 Å². The molecule has 1 aromatic heterocycles. The van der Waals surface area contributed by atoms with E-state index in [4.69, 9.17) is 16.7 Å². The Labute approximate surface area is 83.3 Å². The number of carboxylic acid groups (broad SMARTS) is 1. The molecule has 0 atom stereocenters. The highest BCUT2D eigenvalue weighted by Gasteiger charge is 2.26. The Bertz CT molecular complexity index is 376. The Hall–Kier alpha value is -1.23. The summed E-state index contributed by atoms with van der Waals surface area (Å²) in [4.78, 5) is 13.8. The second-order valence-corrected chi connectivity index (χ2v) is 3.16. The van der Waals surface area contributed by atoms with Gasteiger partial charge in [-0.25, -0.2) is 18.6 Å². The Morgan fingerprint density at radius 1 is 1.64 bits per heavy atom. The third kappa shape index (κ3) is 2.17. The summed E-state index contributed by atoms with van der Waals surface area (Å²) in [6, 6.07) is 0.901. The maximum Gasteiger partial charge on any atom is 0.356 e. The molecule has 14 heavy (non-hydrogen) atoms. The average molecular weight is 222 g/mol. The fraction of sp³-hybridized carbons (Fsp3) is 0.250. The maximum absolute atomic E-state index is 12.7. The van der Waals surface area contributed by atoms with Crippen LogP contribution in [0.5, 0.6) is 0 Å². The fourth-order valence-corrected chi connectivity index (χ4v) is 1.08. The third-order valence-corrected chi connectivity index (χ3v) is 1.84. The van der Waals surface area contributed by atoms with E-state index in [1.54, 1.807) is 0 Å². The van der Waals surface area contributed by atoms with Crippen molar-refractivity contribution in [2.24, 2.45) is 0 Å². The van der Waals surface area contributed by atoms with E-state index in [0.29, 0.717) is 6.92 Å². The quantitative estimate of drug-likeness (QED) is 0.835. The molecular formula is C8H6ClF2NO2. The maximum atomic E-state index is 12.7. The third-order valence-electron chi connectivity index (χ3n) is 1.55. The molecule has 0 amide bonds. The number of nitrogens with zero attached hydrogens (tertiary/aromatic N) is 1. The first kappa shape index (κ1) is 10.8. The van der Waals surface area contributed by atoms with Crippen LogP contribution in [0, 0.1) is 0 Å². The molecule has 0 aliphatic rings. The summed E-state index contributed by atoms with van der Waals surface area (Å²) in [5.41, 5.74) is -0.841. The zero-order valence-electron chi connectivity index (χ0n) is 7.09. The van der Waals surface area contributed by atoms with Gasteiger partial charge in [-0.2, -0.15) is 0 Å². The molecule has 6 heteroatoms. The van der Waals surface area contributed by atoms with E-state index in [2.05, 4.69) is 4.98 Å². The molecule has 1 rings (SSSR count). The molecule has 3 nitrogen and oxygen atoms in total. The van der Waals surface area contributed by atoms with Gasteiger partial charge in [-0.05, 0) is 6.07 Å². The number of rotatable bonds is 2. The molecule has 0 fully saturated rings. The number of halogens is 3. The SMILES string of the molecule is CC(F)(F)c1cnc(C(=O)O)c(Cl)c1. The van der Waals surface area contributed by atoms with Crippen LogP contribution in [0.1, 0.15) is 23.0 Å². The number of hydrogen-bond acceptors (Lipinski definition) is 2. The number of aromatic carboxylic acids is 1. The summed E-state index contributed by atoms with van der Waals surface area (Å²) in [6.45, 7) is 0.681. The molecule has 0 aromatic carbocycles. The highest BCUT2D eigenvalue weighted by molar-refractivity contribution is 6.33. The van der Waals surface area contributed by atoms with Gasteiger partial charge in [0.2, 0.25) is 0 Å². The molecular weight excluding hydrogens is 216 g/mol. The van der Waals surface area contributed by atoms with Gasteiger partial charge in [0.25, 0.3) is 5.92 Å². The Morgan fingerprint density at radius 3 is 2.57 bits per heavy atom. The second-order valence-electron chi connectivity index (χ2n) is 2.75. The minimum atomic E-state index is -3.08. The number of alkyl halides is 2. The van der Waals surface area contributed by atoms with Gasteiger partial charge in [-0.3, -0.25) is 0 Å². The van der Waals surface area contributed by atoms with Gasteiger partial charge in [0, 0.05) is 18.7 Å². The second kappa shape index (κ2) is 3.49. The molecule has 1 aromatic rings. The van der Waals surface area contributed by atoms with Crippen LogP contribution in [0.25, 0.3) is 0 Å². The van der Waals surface area contributed by atoms with Gasteiger partial charge in [0.05, 0.1) is 5.02 Å². The fourth-order valence-electron chi connectivity index (χ4n) is 0.835. The van der Waals surface area contributed by atoms with Crippen LogP contribution in [-0.4, -0.2) is 16.1 Å². The van der Waals surface area contributed by atoms with Crippen molar-refractivity contribution < 1.29 is 18.7 Å². The van der Waals surface area contributed by atoms with Crippen LogP contribution in [0.3, 0.4) is 0 Å². The highest BCUT2D eigenvalue weighted by atomic mass is 35.5. The van der Waals surface area contributed by atoms with Crippen LogP contribution >= 0.6 is 11.6 Å². The van der Waals surface area contributed by atoms with Gasteiger partial charge in [0.15, 0.2) is 5.69 Å². The van der Waals surface area contributed by atoms with Crippen molar-refractivity contribution in [3.05, 3.63) is 28.5 Å². The molecule has 0 radical (unpaired) electrons. The van der Waals surface area contributed by atoms with Gasteiger partial charge < -0.3 is 5.11 Å². The summed E-state index contributed by atoms with van der Waals surface area (Å²) in [7, 11) is 0. The van der Waals surface area contributed by atoms with Crippen LogP contribution < -0.4 is 0 Å². The smallest absolute Gasteiger partial charge is 0.356 e. The van der Waals surface area contributed by atoms with Crippen molar-refractivity contribution in [1.82, 2.24) is 4.98 Å². The van der Waals surface area contributed by atoms with E-state index < -0.39 is 23.1 Å². The summed E-state index contributed by atoms with van der Waals surface area (Å²) in [5.74, 6) is -4.42. The molecule has 0 unspecified atom stereocenters. The molecule has 0 aliphatic carbocycles. The largest absolute Gasteiger partial charge is 0.476 e. The number of pyridine rings is 1. The topological polar surface area (TPSA) is 50.2 Å². The summed E-state index contributed by atoms with van der Waals surface area (Å²) in [6.07, 6.45) is 0.801. The van der Waals surface area contributed by atoms with Crippen LogP contribution in [0.15, 0.2) is 12.3 Å². The lowest BCUT2D eigenvalue weighted by Crippen LogP contribution is -2.10. The van der Waals surface area contributed by atoms with E-state index in [9.17, 15) is 13.6 Å². The van der Waals surface area contributed by atoms with Crippen molar-refractivity contribution in [3.8, 4) is 0 Å². The number of aromatic nitrogens is 1. The Balaban J connectivity index is 3.20. The molecule has 0 saturated heterocycles. The first-order valence-electron chi connectivity index (χ1n) is 3.59. The van der Waals surface area contributed by atoms with Crippen LogP contribution in [0.2, 0.25) is 5.02 Å². The molecule has 76 valence electrons. The van der Waals surface area contributed by atoms with E-state index in [1.165, 1.54) is 0 Å². The number of carbonyl (C=O) groups is 1. The van der Waals surface area contributed by atoms with E-state index in [-0.39, 0.29) is 5.02 Å². The highest BCUT2D eigenvalue weighted by Crippen LogP contribution is 2.28. The normalized spacial score (nSPS) is 11.4. The van der Waals surface area contributed by atoms with Crippen molar-refractivity contribution in [3.63, 3.8) is 0 Å².